The number of aryl methyl sites for hydroxylation is 1. The summed E-state index contributed by atoms with van der Waals surface area (Å²) in [6.45, 7) is 2.11. The number of hydrogen-bond acceptors (Lipinski definition) is 6. The highest BCUT2D eigenvalue weighted by Gasteiger charge is 2.12. The molecule has 0 saturated heterocycles. The van der Waals surface area contributed by atoms with Crippen LogP contribution in [0, 0.1) is 6.92 Å². The molecule has 0 radical (unpaired) electrons. The van der Waals surface area contributed by atoms with Crippen molar-refractivity contribution in [1.29, 1.82) is 0 Å². The standard InChI is InChI=1S/C21H16N6S/c1-13-17(27-21(28-13)15-5-3-2-4-6-15)14-7-9-16(10-8-14)26-20-18-19(23-11-22-18)24-12-25-20/h2-12H,1H3,(H2,22,23,24,25,26). The fraction of sp³-hybridized carbons (Fsp3) is 0.0476. The summed E-state index contributed by atoms with van der Waals surface area (Å²) in [4.78, 5) is 21.7. The van der Waals surface area contributed by atoms with Gasteiger partial charge < -0.3 is 10.3 Å². The Balaban J connectivity index is 1.43. The van der Waals surface area contributed by atoms with E-state index in [4.69, 9.17) is 4.98 Å². The zero-order valence-electron chi connectivity index (χ0n) is 15.0. The van der Waals surface area contributed by atoms with Crippen LogP contribution in [-0.4, -0.2) is 24.9 Å². The van der Waals surface area contributed by atoms with Crippen LogP contribution in [0.5, 0.6) is 0 Å². The van der Waals surface area contributed by atoms with Gasteiger partial charge in [0, 0.05) is 21.7 Å². The van der Waals surface area contributed by atoms with Gasteiger partial charge in [0.05, 0.1) is 12.0 Å². The van der Waals surface area contributed by atoms with E-state index >= 15 is 0 Å². The minimum atomic E-state index is 0.639. The fourth-order valence-corrected chi connectivity index (χ4v) is 4.02. The van der Waals surface area contributed by atoms with E-state index in [1.807, 2.05) is 30.3 Å². The van der Waals surface area contributed by atoms with Crippen LogP contribution in [0.4, 0.5) is 11.5 Å². The Labute approximate surface area is 165 Å². The van der Waals surface area contributed by atoms with Crippen molar-refractivity contribution in [3.8, 4) is 21.8 Å². The Morgan fingerprint density at radius 1 is 0.893 bits per heavy atom. The van der Waals surface area contributed by atoms with E-state index in [1.54, 1.807) is 17.7 Å². The molecule has 0 aliphatic heterocycles. The Bertz CT molecular complexity index is 1240. The molecule has 0 aliphatic rings. The molecule has 3 aromatic heterocycles. The van der Waals surface area contributed by atoms with Crippen LogP contribution in [0.3, 0.4) is 0 Å². The molecule has 136 valence electrons. The molecule has 3 heterocycles. The van der Waals surface area contributed by atoms with Gasteiger partial charge in [0.1, 0.15) is 16.9 Å². The third kappa shape index (κ3) is 3.01. The van der Waals surface area contributed by atoms with Crippen LogP contribution in [0.25, 0.3) is 33.0 Å². The van der Waals surface area contributed by atoms with Crippen LogP contribution in [0.1, 0.15) is 4.88 Å². The van der Waals surface area contributed by atoms with E-state index in [2.05, 4.69) is 56.4 Å². The predicted molar refractivity (Wildman–Crippen MR) is 113 cm³/mol. The molecule has 6 nitrogen and oxygen atoms in total. The molecule has 5 rings (SSSR count). The highest BCUT2D eigenvalue weighted by molar-refractivity contribution is 7.15. The van der Waals surface area contributed by atoms with Crippen LogP contribution in [0.15, 0.2) is 67.3 Å². The van der Waals surface area contributed by atoms with E-state index < -0.39 is 0 Å². The zero-order chi connectivity index (χ0) is 18.9. The molecule has 0 bridgehead atoms. The van der Waals surface area contributed by atoms with Gasteiger partial charge in [0.15, 0.2) is 11.5 Å². The molecule has 0 atom stereocenters. The first-order chi connectivity index (χ1) is 13.8. The molecule has 0 fully saturated rings. The summed E-state index contributed by atoms with van der Waals surface area (Å²) in [6.07, 6.45) is 3.12. The lowest BCUT2D eigenvalue weighted by Crippen LogP contribution is -1.95. The van der Waals surface area contributed by atoms with Crippen molar-refractivity contribution >= 4 is 34.0 Å². The van der Waals surface area contributed by atoms with Gasteiger partial charge >= 0.3 is 0 Å². The lowest BCUT2D eigenvalue weighted by molar-refractivity contribution is 1.20. The third-order valence-corrected chi connectivity index (χ3v) is 5.48. The summed E-state index contributed by atoms with van der Waals surface area (Å²) >= 11 is 1.72. The van der Waals surface area contributed by atoms with Crippen molar-refractivity contribution in [3.05, 3.63) is 72.1 Å². The number of nitrogens with one attached hydrogen (secondary N) is 2. The maximum atomic E-state index is 4.86. The molecule has 0 aliphatic carbocycles. The van der Waals surface area contributed by atoms with Gasteiger partial charge in [0.25, 0.3) is 0 Å². The lowest BCUT2D eigenvalue weighted by atomic mass is 10.1. The van der Waals surface area contributed by atoms with E-state index in [0.29, 0.717) is 11.5 Å². The van der Waals surface area contributed by atoms with E-state index in [9.17, 15) is 0 Å². The van der Waals surface area contributed by atoms with Crippen molar-refractivity contribution in [2.45, 2.75) is 6.92 Å². The Hall–Kier alpha value is -3.58. The second-order valence-electron chi connectivity index (χ2n) is 6.32. The summed E-state index contributed by atoms with van der Waals surface area (Å²) < 4.78 is 0. The number of benzene rings is 2. The maximum absolute atomic E-state index is 4.86. The van der Waals surface area contributed by atoms with Crippen molar-refractivity contribution in [3.63, 3.8) is 0 Å². The molecular weight excluding hydrogens is 368 g/mol. The minimum Gasteiger partial charge on any atom is -0.340 e. The van der Waals surface area contributed by atoms with Gasteiger partial charge in [-0.3, -0.25) is 0 Å². The number of anilines is 2. The topological polar surface area (TPSA) is 79.4 Å². The molecule has 2 aromatic carbocycles. The van der Waals surface area contributed by atoms with Gasteiger partial charge in [-0.1, -0.05) is 42.5 Å². The largest absolute Gasteiger partial charge is 0.340 e. The SMILES string of the molecule is Cc1sc(-c2ccccc2)nc1-c1ccc(Nc2ncnc3nc[nH]c23)cc1. The molecular formula is C21H16N6S. The predicted octanol–water partition coefficient (Wildman–Crippen LogP) is 5.20. The van der Waals surface area contributed by atoms with Crippen molar-refractivity contribution in [2.24, 2.45) is 0 Å². The Morgan fingerprint density at radius 2 is 1.71 bits per heavy atom. The second kappa shape index (κ2) is 6.86. The third-order valence-electron chi connectivity index (χ3n) is 4.46. The van der Waals surface area contributed by atoms with Crippen molar-refractivity contribution in [1.82, 2.24) is 24.9 Å². The number of rotatable bonds is 4. The number of thiazole rings is 1. The number of aromatic amines is 1. The summed E-state index contributed by atoms with van der Waals surface area (Å²) in [6, 6.07) is 18.5. The van der Waals surface area contributed by atoms with Crippen molar-refractivity contribution in [2.75, 3.05) is 5.32 Å². The van der Waals surface area contributed by atoms with Gasteiger partial charge in [-0.25, -0.2) is 19.9 Å². The van der Waals surface area contributed by atoms with E-state index in [0.717, 1.165) is 33.0 Å². The first-order valence-corrected chi connectivity index (χ1v) is 9.64. The van der Waals surface area contributed by atoms with E-state index in [-0.39, 0.29) is 0 Å². The van der Waals surface area contributed by atoms with E-state index in [1.165, 1.54) is 11.2 Å². The minimum absolute atomic E-state index is 0.639. The molecule has 0 unspecified atom stereocenters. The maximum Gasteiger partial charge on any atom is 0.182 e. The summed E-state index contributed by atoms with van der Waals surface area (Å²) in [5, 5.41) is 4.36. The number of aromatic nitrogens is 5. The molecule has 2 N–H and O–H groups in total. The number of imidazole rings is 1. The van der Waals surface area contributed by atoms with Gasteiger partial charge in [-0.05, 0) is 19.1 Å². The normalized spacial score (nSPS) is 11.0. The number of nitrogens with zero attached hydrogens (tertiary/aromatic N) is 4. The lowest BCUT2D eigenvalue weighted by Gasteiger charge is -2.07. The van der Waals surface area contributed by atoms with Crippen molar-refractivity contribution < 1.29 is 0 Å². The Kier molecular flexibility index (Phi) is 4.06. The van der Waals surface area contributed by atoms with Crippen LogP contribution < -0.4 is 5.32 Å². The number of H-pyrrole nitrogens is 1. The first kappa shape index (κ1) is 16.6. The van der Waals surface area contributed by atoms with Gasteiger partial charge in [0.2, 0.25) is 0 Å². The molecule has 0 saturated carbocycles. The zero-order valence-corrected chi connectivity index (χ0v) is 15.9. The average Bonchev–Trinajstić information content (AvgIpc) is 3.37. The molecule has 0 amide bonds. The van der Waals surface area contributed by atoms with Gasteiger partial charge in [-0.2, -0.15) is 0 Å². The molecule has 0 spiro atoms. The molecule has 7 heteroatoms. The monoisotopic (exact) mass is 384 g/mol. The number of hydrogen-bond donors (Lipinski definition) is 2. The summed E-state index contributed by atoms with van der Waals surface area (Å²) in [7, 11) is 0. The molecule has 5 aromatic rings. The first-order valence-electron chi connectivity index (χ1n) is 8.82. The summed E-state index contributed by atoms with van der Waals surface area (Å²) in [5.41, 5.74) is 5.63. The summed E-state index contributed by atoms with van der Waals surface area (Å²) in [5.74, 6) is 0.700. The highest BCUT2D eigenvalue weighted by atomic mass is 32.1. The smallest absolute Gasteiger partial charge is 0.182 e. The van der Waals surface area contributed by atoms with Gasteiger partial charge in [-0.15, -0.1) is 11.3 Å². The Morgan fingerprint density at radius 3 is 2.54 bits per heavy atom. The van der Waals surface area contributed by atoms with Crippen LogP contribution >= 0.6 is 11.3 Å². The molecule has 28 heavy (non-hydrogen) atoms. The fourth-order valence-electron chi connectivity index (χ4n) is 3.08. The second-order valence-corrected chi connectivity index (χ2v) is 7.52. The average molecular weight is 384 g/mol. The highest BCUT2D eigenvalue weighted by Crippen LogP contribution is 2.33. The van der Waals surface area contributed by atoms with Crippen LogP contribution in [0.2, 0.25) is 0 Å². The number of fused-ring (bicyclic) bond motifs is 1. The van der Waals surface area contributed by atoms with Crippen LogP contribution in [-0.2, 0) is 0 Å². The quantitative estimate of drug-likeness (QED) is 0.445.